The minimum absolute atomic E-state index is 0.0403. The van der Waals surface area contributed by atoms with Crippen LogP contribution in [0.1, 0.15) is 34.3 Å². The number of amides is 2. The third-order valence-corrected chi connectivity index (χ3v) is 6.15. The molecule has 2 amide bonds. The summed E-state index contributed by atoms with van der Waals surface area (Å²) in [4.78, 5) is 49.3. The van der Waals surface area contributed by atoms with Gasteiger partial charge in [0.25, 0.3) is 5.91 Å². The van der Waals surface area contributed by atoms with Gasteiger partial charge in [0.1, 0.15) is 23.3 Å². The van der Waals surface area contributed by atoms with Gasteiger partial charge < -0.3 is 32.4 Å². The van der Waals surface area contributed by atoms with E-state index in [0.717, 1.165) is 16.0 Å². The smallest absolute Gasteiger partial charge is 0.326 e. The maximum atomic E-state index is 13.5. The van der Waals surface area contributed by atoms with Gasteiger partial charge in [-0.1, -0.05) is 12.1 Å². The first-order valence-electron chi connectivity index (χ1n) is 11.8. The average Bonchev–Trinajstić information content (AvgIpc) is 3.28. The molecule has 0 spiro atoms. The van der Waals surface area contributed by atoms with Gasteiger partial charge in [0.15, 0.2) is 0 Å². The number of fused-ring (bicyclic) bond motifs is 1. The molecule has 4 rings (SSSR count). The highest BCUT2D eigenvalue weighted by molar-refractivity contribution is 6.09. The number of aryl methyl sites for hydroxylation is 2. The Morgan fingerprint density at radius 3 is 2.29 bits per heavy atom. The topological polar surface area (TPSA) is 215 Å². The molecule has 2 aromatic heterocycles. The van der Waals surface area contributed by atoms with Gasteiger partial charge in [-0.25, -0.2) is 4.79 Å². The number of carbonyl (C=O) groups is 3. The monoisotopic (exact) mass is 517 g/mol. The zero-order valence-electron chi connectivity index (χ0n) is 20.3. The van der Waals surface area contributed by atoms with Crippen molar-refractivity contribution in [3.8, 4) is 5.75 Å². The number of phenolic OH excluding ortho intramolecular Hbond substituents is 1. The van der Waals surface area contributed by atoms with Gasteiger partial charge in [-0.3, -0.25) is 14.5 Å². The van der Waals surface area contributed by atoms with Crippen molar-refractivity contribution in [3.63, 3.8) is 0 Å². The highest BCUT2D eigenvalue weighted by Gasteiger charge is 2.32. The molecular weight excluding hydrogens is 490 g/mol. The molecule has 0 bridgehead atoms. The molecule has 0 aliphatic rings. The quantitative estimate of drug-likeness (QED) is 0.181. The van der Waals surface area contributed by atoms with E-state index in [1.807, 2.05) is 0 Å². The minimum atomic E-state index is -1.34. The number of nitrogens with one attached hydrogen (secondary N) is 1. The molecule has 2 heterocycles. The fourth-order valence-electron chi connectivity index (χ4n) is 4.27. The van der Waals surface area contributed by atoms with E-state index in [2.05, 4.69) is 15.0 Å². The predicted octanol–water partition coefficient (Wildman–Crippen LogP) is 1.98. The Bertz CT molecular complexity index is 1480. The number of carboxylic acid groups (broad SMARTS) is 1. The lowest BCUT2D eigenvalue weighted by atomic mass is 10.0. The molecule has 9 N–H and O–H groups in total. The maximum Gasteiger partial charge on any atom is 0.326 e. The fourth-order valence-corrected chi connectivity index (χ4v) is 4.27. The van der Waals surface area contributed by atoms with Crippen molar-refractivity contribution in [1.29, 1.82) is 0 Å². The Labute approximate surface area is 217 Å². The fraction of sp³-hybridized carbons (Fsp3) is 0.192. The minimum Gasteiger partial charge on any atom is -0.508 e. The summed E-state index contributed by atoms with van der Waals surface area (Å²) in [5.74, 6) is -2.19. The first-order valence-corrected chi connectivity index (χ1v) is 11.8. The summed E-state index contributed by atoms with van der Waals surface area (Å²) in [5.41, 5.74) is 19.8. The second-order valence-electron chi connectivity index (χ2n) is 8.75. The standard InChI is InChI=1S/C26H27N7O5/c27-20(35)12-11-19(25(37)38)33(17-7-9-18(34)10-8-17)24(36)15-4-1-14(2-5-15)3-6-16-13-30-23-21(16)22(28)31-26(29)32-23/h1-2,4-5,7-10,13,19,34H,3,6,11-12H2,(H2,27,35)(H,37,38)(H5,28,29,30,31,32)/t19-/m0/s1. The first-order chi connectivity index (χ1) is 18.1. The highest BCUT2D eigenvalue weighted by atomic mass is 16.4. The number of hydrogen-bond donors (Lipinski definition) is 6. The number of aliphatic carboxylic acids is 1. The van der Waals surface area contributed by atoms with E-state index >= 15 is 0 Å². The predicted molar refractivity (Wildman–Crippen MR) is 141 cm³/mol. The normalized spacial score (nSPS) is 11.8. The third-order valence-electron chi connectivity index (χ3n) is 6.15. The van der Waals surface area contributed by atoms with Crippen LogP contribution in [-0.2, 0) is 22.4 Å². The molecule has 0 aliphatic carbocycles. The molecule has 0 saturated heterocycles. The summed E-state index contributed by atoms with van der Waals surface area (Å²) in [7, 11) is 0. The first kappa shape index (κ1) is 25.9. The number of aromatic nitrogens is 3. The molecule has 38 heavy (non-hydrogen) atoms. The van der Waals surface area contributed by atoms with Gasteiger partial charge in [-0.15, -0.1) is 0 Å². The van der Waals surface area contributed by atoms with Crippen molar-refractivity contribution in [3.05, 3.63) is 71.4 Å². The number of nitrogens with two attached hydrogens (primary N) is 3. The SMILES string of the molecule is NC(=O)CC[C@@H](C(=O)O)N(C(=O)c1ccc(CCc2c[nH]c3nc(N)nc(N)c23)cc1)c1ccc(O)cc1. The van der Waals surface area contributed by atoms with Crippen LogP contribution in [0.5, 0.6) is 5.75 Å². The summed E-state index contributed by atoms with van der Waals surface area (Å²) in [6, 6.07) is 11.0. The number of aromatic amines is 1. The number of aromatic hydroxyl groups is 1. The summed E-state index contributed by atoms with van der Waals surface area (Å²) in [6.45, 7) is 0. The van der Waals surface area contributed by atoms with Gasteiger partial charge in [0.2, 0.25) is 11.9 Å². The zero-order valence-corrected chi connectivity index (χ0v) is 20.3. The van der Waals surface area contributed by atoms with Crippen molar-refractivity contribution in [2.24, 2.45) is 5.73 Å². The van der Waals surface area contributed by atoms with Crippen LogP contribution in [0.3, 0.4) is 0 Å². The maximum absolute atomic E-state index is 13.5. The average molecular weight is 518 g/mol. The van der Waals surface area contributed by atoms with Crippen LogP contribution >= 0.6 is 0 Å². The Morgan fingerprint density at radius 1 is 0.974 bits per heavy atom. The van der Waals surface area contributed by atoms with Crippen LogP contribution in [-0.4, -0.2) is 49.0 Å². The summed E-state index contributed by atoms with van der Waals surface area (Å²) >= 11 is 0. The summed E-state index contributed by atoms with van der Waals surface area (Å²) in [5, 5.41) is 20.2. The number of H-pyrrole nitrogens is 1. The van der Waals surface area contributed by atoms with E-state index < -0.39 is 23.8 Å². The van der Waals surface area contributed by atoms with Gasteiger partial charge in [0.05, 0.1) is 5.39 Å². The second-order valence-corrected chi connectivity index (χ2v) is 8.75. The number of primary amides is 1. The molecule has 0 fully saturated rings. The number of anilines is 3. The van der Waals surface area contributed by atoms with E-state index in [1.165, 1.54) is 24.3 Å². The number of rotatable bonds is 10. The molecule has 12 nitrogen and oxygen atoms in total. The number of nitrogens with zero attached hydrogens (tertiary/aromatic N) is 3. The van der Waals surface area contributed by atoms with Gasteiger partial charge in [-0.2, -0.15) is 9.97 Å². The van der Waals surface area contributed by atoms with E-state index in [-0.39, 0.29) is 35.8 Å². The Balaban J connectivity index is 1.56. The zero-order chi connectivity index (χ0) is 27.4. The summed E-state index contributed by atoms with van der Waals surface area (Å²) < 4.78 is 0. The van der Waals surface area contributed by atoms with Crippen molar-refractivity contribution in [2.75, 3.05) is 16.4 Å². The molecule has 1 atom stereocenters. The number of hydrogen-bond acceptors (Lipinski definition) is 8. The Morgan fingerprint density at radius 2 is 1.66 bits per heavy atom. The lowest BCUT2D eigenvalue weighted by Gasteiger charge is -2.29. The Kier molecular flexibility index (Phi) is 7.42. The number of benzene rings is 2. The van der Waals surface area contributed by atoms with Crippen molar-refractivity contribution < 1.29 is 24.6 Å². The van der Waals surface area contributed by atoms with E-state index in [1.54, 1.807) is 30.5 Å². The van der Waals surface area contributed by atoms with Crippen LogP contribution in [0.25, 0.3) is 11.0 Å². The van der Waals surface area contributed by atoms with Crippen LogP contribution in [0.2, 0.25) is 0 Å². The second kappa shape index (κ2) is 10.9. The number of carbonyl (C=O) groups excluding carboxylic acids is 2. The van der Waals surface area contributed by atoms with Crippen LogP contribution in [0, 0.1) is 0 Å². The Hall–Kier alpha value is -5.13. The largest absolute Gasteiger partial charge is 0.508 e. The van der Waals surface area contributed by atoms with Crippen molar-refractivity contribution in [2.45, 2.75) is 31.7 Å². The number of carboxylic acids is 1. The molecule has 0 unspecified atom stereocenters. The number of nitrogen functional groups attached to an aromatic ring is 2. The van der Waals surface area contributed by atoms with E-state index in [4.69, 9.17) is 17.2 Å². The molecule has 0 aliphatic heterocycles. The molecule has 12 heteroatoms. The van der Waals surface area contributed by atoms with Crippen molar-refractivity contribution in [1.82, 2.24) is 15.0 Å². The molecule has 4 aromatic rings. The van der Waals surface area contributed by atoms with Crippen LogP contribution in [0.4, 0.5) is 17.5 Å². The highest BCUT2D eigenvalue weighted by Crippen LogP contribution is 2.26. The van der Waals surface area contributed by atoms with Crippen LogP contribution < -0.4 is 22.1 Å². The van der Waals surface area contributed by atoms with Gasteiger partial charge >= 0.3 is 5.97 Å². The molecule has 0 saturated carbocycles. The van der Waals surface area contributed by atoms with Crippen LogP contribution in [0.15, 0.2) is 54.7 Å². The third kappa shape index (κ3) is 5.64. The molecule has 196 valence electrons. The van der Waals surface area contributed by atoms with Crippen molar-refractivity contribution >= 4 is 46.3 Å². The molecule has 0 radical (unpaired) electrons. The summed E-state index contributed by atoms with van der Waals surface area (Å²) in [6.07, 6.45) is 2.68. The van der Waals surface area contributed by atoms with Gasteiger partial charge in [0, 0.05) is 23.9 Å². The number of phenols is 1. The van der Waals surface area contributed by atoms with E-state index in [0.29, 0.717) is 29.7 Å². The lowest BCUT2D eigenvalue weighted by molar-refractivity contribution is -0.138. The lowest BCUT2D eigenvalue weighted by Crippen LogP contribution is -2.46. The van der Waals surface area contributed by atoms with Gasteiger partial charge in [-0.05, 0) is 66.8 Å². The molecular formula is C26H27N7O5. The molecule has 2 aromatic carbocycles. The van der Waals surface area contributed by atoms with E-state index in [9.17, 15) is 24.6 Å².